The molecule has 0 radical (unpaired) electrons. The second kappa shape index (κ2) is 8.60. The van der Waals surface area contributed by atoms with Crippen LogP contribution in [0.4, 0.5) is 0 Å². The lowest BCUT2D eigenvalue weighted by Gasteiger charge is -2.18. The maximum Gasteiger partial charge on any atom is 0.302 e. The highest BCUT2D eigenvalue weighted by Crippen LogP contribution is 1.87. The van der Waals surface area contributed by atoms with Gasteiger partial charge in [0.15, 0.2) is 0 Å². The normalized spacial score (nSPS) is 9.69. The van der Waals surface area contributed by atoms with Gasteiger partial charge >= 0.3 is 11.9 Å². The minimum absolute atomic E-state index is 0.123. The van der Waals surface area contributed by atoms with Gasteiger partial charge in [-0.05, 0) is 0 Å². The lowest BCUT2D eigenvalue weighted by molar-refractivity contribution is -0.142. The smallest absolute Gasteiger partial charge is 0.302 e. The summed E-state index contributed by atoms with van der Waals surface area (Å²) < 4.78 is 9.35. The number of rotatable bonds is 8. The molecular weight excluding hydrogens is 218 g/mol. The molecule has 0 atom stereocenters. The Hall–Kier alpha value is -1.70. The predicted molar refractivity (Wildman–Crippen MR) is 53.8 cm³/mol. The zero-order valence-corrected chi connectivity index (χ0v) is 9.26. The average Bonchev–Trinajstić information content (AvgIpc) is 2.16. The highest BCUT2D eigenvalue weighted by Gasteiger charge is 2.05. The summed E-state index contributed by atoms with van der Waals surface area (Å²) in [6.45, 7) is 3.36. The van der Waals surface area contributed by atoms with Crippen molar-refractivity contribution in [2.24, 2.45) is 5.29 Å². The van der Waals surface area contributed by atoms with Crippen molar-refractivity contribution < 1.29 is 19.1 Å². The van der Waals surface area contributed by atoms with Crippen molar-refractivity contribution in [2.75, 3.05) is 26.3 Å². The minimum atomic E-state index is -0.404. The SMILES string of the molecule is CC(=O)OCCN(CCOC(C)=O)NN=O. The van der Waals surface area contributed by atoms with E-state index in [-0.39, 0.29) is 26.3 Å². The summed E-state index contributed by atoms with van der Waals surface area (Å²) in [7, 11) is 0. The zero-order valence-electron chi connectivity index (χ0n) is 9.26. The van der Waals surface area contributed by atoms with Crippen molar-refractivity contribution in [1.82, 2.24) is 10.5 Å². The molecule has 0 amide bonds. The molecule has 0 bridgehead atoms. The molecule has 0 aliphatic carbocycles. The first-order chi connectivity index (χ1) is 7.56. The maximum absolute atomic E-state index is 10.5. The molecule has 0 aliphatic heterocycles. The summed E-state index contributed by atoms with van der Waals surface area (Å²) in [5.74, 6) is -0.807. The van der Waals surface area contributed by atoms with Crippen LogP contribution < -0.4 is 5.53 Å². The summed E-state index contributed by atoms with van der Waals surface area (Å²) >= 11 is 0. The van der Waals surface area contributed by atoms with E-state index in [9.17, 15) is 14.5 Å². The molecule has 16 heavy (non-hydrogen) atoms. The van der Waals surface area contributed by atoms with E-state index < -0.39 is 11.9 Å². The van der Waals surface area contributed by atoms with Gasteiger partial charge in [0.25, 0.3) is 0 Å². The molecule has 0 fully saturated rings. The van der Waals surface area contributed by atoms with Gasteiger partial charge in [-0.2, -0.15) is 5.01 Å². The summed E-state index contributed by atoms with van der Waals surface area (Å²) in [6, 6.07) is 0. The fourth-order valence-electron chi connectivity index (χ4n) is 0.869. The van der Waals surface area contributed by atoms with E-state index in [4.69, 9.17) is 0 Å². The third kappa shape index (κ3) is 8.88. The maximum atomic E-state index is 10.5. The van der Waals surface area contributed by atoms with Crippen LogP contribution in [0.1, 0.15) is 13.8 Å². The summed E-state index contributed by atoms with van der Waals surface area (Å²) in [6.07, 6.45) is 0. The van der Waals surface area contributed by atoms with E-state index in [1.165, 1.54) is 18.9 Å². The Kier molecular flexibility index (Phi) is 7.68. The zero-order chi connectivity index (χ0) is 12.4. The number of hydrogen-bond donors (Lipinski definition) is 1. The van der Waals surface area contributed by atoms with E-state index >= 15 is 0 Å². The second-order valence-corrected chi connectivity index (χ2v) is 2.86. The molecule has 0 spiro atoms. The van der Waals surface area contributed by atoms with Gasteiger partial charge in [-0.3, -0.25) is 9.59 Å². The minimum Gasteiger partial charge on any atom is -0.464 e. The molecule has 0 heterocycles. The Balaban J connectivity index is 3.73. The Morgan fingerprint density at radius 3 is 1.88 bits per heavy atom. The van der Waals surface area contributed by atoms with Gasteiger partial charge in [-0.15, -0.1) is 4.91 Å². The fraction of sp³-hybridized carbons (Fsp3) is 0.750. The van der Waals surface area contributed by atoms with Crippen LogP contribution in [0.2, 0.25) is 0 Å². The molecule has 1 N–H and O–H groups in total. The monoisotopic (exact) mass is 233 g/mol. The van der Waals surface area contributed by atoms with E-state index in [2.05, 4.69) is 20.3 Å². The van der Waals surface area contributed by atoms with Crippen LogP contribution in [0.15, 0.2) is 5.29 Å². The van der Waals surface area contributed by atoms with E-state index in [1.807, 2.05) is 0 Å². The quantitative estimate of drug-likeness (QED) is 0.346. The lowest BCUT2D eigenvalue weighted by Crippen LogP contribution is -2.39. The van der Waals surface area contributed by atoms with Gasteiger partial charge < -0.3 is 9.47 Å². The second-order valence-electron chi connectivity index (χ2n) is 2.86. The Morgan fingerprint density at radius 1 is 1.12 bits per heavy atom. The van der Waals surface area contributed by atoms with Gasteiger partial charge in [-0.25, -0.2) is 5.53 Å². The summed E-state index contributed by atoms with van der Waals surface area (Å²) in [5.41, 5.74) is 2.15. The van der Waals surface area contributed by atoms with Crippen LogP contribution in [0, 0.1) is 4.91 Å². The number of nitrogens with zero attached hydrogens (tertiary/aromatic N) is 2. The topological polar surface area (TPSA) is 97.3 Å². The van der Waals surface area contributed by atoms with Crippen LogP contribution in [0.25, 0.3) is 0 Å². The number of carbonyl (C=O) groups is 2. The third-order valence-corrected chi connectivity index (χ3v) is 1.52. The molecule has 8 nitrogen and oxygen atoms in total. The van der Waals surface area contributed by atoms with Crippen LogP contribution in [-0.2, 0) is 19.1 Å². The van der Waals surface area contributed by atoms with Crippen molar-refractivity contribution in [3.63, 3.8) is 0 Å². The number of nitrogens with one attached hydrogen (secondary N) is 1. The number of hydrogen-bond acceptors (Lipinski definition) is 7. The molecule has 0 aromatic rings. The highest BCUT2D eigenvalue weighted by atomic mass is 16.5. The van der Waals surface area contributed by atoms with Crippen molar-refractivity contribution in [3.05, 3.63) is 4.91 Å². The van der Waals surface area contributed by atoms with Crippen LogP contribution in [0.5, 0.6) is 0 Å². The van der Waals surface area contributed by atoms with Gasteiger partial charge in [-0.1, -0.05) is 0 Å². The highest BCUT2D eigenvalue weighted by molar-refractivity contribution is 5.66. The molecule has 0 rings (SSSR count). The molecule has 0 saturated carbocycles. The van der Waals surface area contributed by atoms with Gasteiger partial charge in [0.05, 0.1) is 18.4 Å². The predicted octanol–water partition coefficient (Wildman–Crippen LogP) is -0.399. The number of ether oxygens (including phenoxy) is 2. The van der Waals surface area contributed by atoms with Crippen LogP contribution >= 0.6 is 0 Å². The molecule has 0 aliphatic rings. The van der Waals surface area contributed by atoms with Crippen molar-refractivity contribution in [1.29, 1.82) is 0 Å². The number of nitroso groups, excluding NO2 is 1. The first-order valence-corrected chi connectivity index (χ1v) is 4.66. The first kappa shape index (κ1) is 14.3. The molecule has 8 heteroatoms. The molecule has 0 aromatic heterocycles. The Bertz CT molecular complexity index is 226. The fourth-order valence-corrected chi connectivity index (χ4v) is 0.869. The van der Waals surface area contributed by atoms with Crippen molar-refractivity contribution in [3.8, 4) is 0 Å². The molecule has 92 valence electrons. The number of esters is 2. The Morgan fingerprint density at radius 2 is 1.56 bits per heavy atom. The van der Waals surface area contributed by atoms with Gasteiger partial charge in [0.2, 0.25) is 0 Å². The van der Waals surface area contributed by atoms with Gasteiger partial charge in [0, 0.05) is 13.8 Å². The average molecular weight is 233 g/mol. The van der Waals surface area contributed by atoms with Crippen LogP contribution in [0.3, 0.4) is 0 Å². The number of hydrazine groups is 1. The van der Waals surface area contributed by atoms with E-state index in [0.29, 0.717) is 0 Å². The number of carbonyl (C=O) groups excluding carboxylic acids is 2. The summed E-state index contributed by atoms with van der Waals surface area (Å²) in [5, 5.41) is 3.85. The molecule has 0 saturated heterocycles. The van der Waals surface area contributed by atoms with Crippen molar-refractivity contribution in [2.45, 2.75) is 13.8 Å². The lowest BCUT2D eigenvalue weighted by atomic mass is 10.5. The molecular formula is C8H15N3O5. The van der Waals surface area contributed by atoms with Gasteiger partial charge in [0.1, 0.15) is 13.2 Å². The third-order valence-electron chi connectivity index (χ3n) is 1.52. The summed E-state index contributed by atoms with van der Waals surface area (Å²) in [4.78, 5) is 30.9. The standard InChI is InChI=1S/C8H15N3O5/c1-7(12)15-5-3-11(9-10-14)4-6-16-8(2)13/h3-6H2,1-2H3,(H,9,14). The largest absolute Gasteiger partial charge is 0.464 e. The first-order valence-electron chi connectivity index (χ1n) is 4.66. The van der Waals surface area contributed by atoms with E-state index in [1.54, 1.807) is 0 Å². The van der Waals surface area contributed by atoms with Crippen molar-refractivity contribution >= 4 is 11.9 Å². The molecule has 0 unspecified atom stereocenters. The van der Waals surface area contributed by atoms with Crippen LogP contribution in [-0.4, -0.2) is 43.3 Å². The Labute approximate surface area is 92.8 Å². The van der Waals surface area contributed by atoms with E-state index in [0.717, 1.165) is 0 Å². The molecule has 0 aromatic carbocycles.